The van der Waals surface area contributed by atoms with Gasteiger partial charge in [-0.05, 0) is 6.08 Å². The normalized spacial score (nSPS) is 20.6. The Morgan fingerprint density at radius 2 is 1.70 bits per heavy atom. The number of allylic oxidation sites excluding steroid dienone is 5. The van der Waals surface area contributed by atoms with E-state index in [9.17, 15) is 9.59 Å². The Morgan fingerprint density at radius 3 is 2.35 bits per heavy atom. The Labute approximate surface area is 117 Å². The van der Waals surface area contributed by atoms with Gasteiger partial charge in [0.2, 0.25) is 0 Å². The predicted molar refractivity (Wildman–Crippen MR) is 77.8 cm³/mol. The summed E-state index contributed by atoms with van der Waals surface area (Å²) in [5.41, 5.74) is 0.598. The van der Waals surface area contributed by atoms with Gasteiger partial charge in [-0.15, -0.1) is 0 Å². The summed E-state index contributed by atoms with van der Waals surface area (Å²) in [6, 6.07) is 8.90. The second-order valence-corrected chi connectivity index (χ2v) is 4.30. The van der Waals surface area contributed by atoms with Crippen LogP contribution in [0.15, 0.2) is 66.8 Å². The molecule has 0 spiro atoms. The number of carboxylic acid groups (broad SMARTS) is 1. The second kappa shape index (κ2) is 7.21. The van der Waals surface area contributed by atoms with E-state index in [1.165, 1.54) is 6.08 Å². The molecule has 0 saturated heterocycles. The van der Waals surface area contributed by atoms with Crippen molar-refractivity contribution in [2.24, 2.45) is 11.8 Å². The third kappa shape index (κ3) is 3.76. The molecule has 1 aromatic carbocycles. The summed E-state index contributed by atoms with van der Waals surface area (Å²) in [6.45, 7) is 0. The maximum absolute atomic E-state index is 11.9. The lowest BCUT2D eigenvalue weighted by Crippen LogP contribution is -2.20. The van der Waals surface area contributed by atoms with E-state index < -0.39 is 11.9 Å². The molecule has 0 amide bonds. The third-order valence-electron chi connectivity index (χ3n) is 2.99. The van der Waals surface area contributed by atoms with Gasteiger partial charge in [0.25, 0.3) is 0 Å². The lowest BCUT2D eigenvalue weighted by atomic mass is 9.88. The minimum Gasteiger partial charge on any atom is -0.481 e. The molecule has 20 heavy (non-hydrogen) atoms. The Bertz CT molecular complexity index is 558. The smallest absolute Gasteiger partial charge is 0.311 e. The van der Waals surface area contributed by atoms with Gasteiger partial charge < -0.3 is 11.3 Å². The molecule has 1 aromatic rings. The van der Waals surface area contributed by atoms with Crippen molar-refractivity contribution in [2.75, 3.05) is 0 Å². The lowest BCUT2D eigenvalue weighted by Gasteiger charge is -2.16. The molecule has 0 fully saturated rings. The van der Waals surface area contributed by atoms with Crippen LogP contribution in [0.2, 0.25) is 0 Å². The van der Waals surface area contributed by atoms with Crippen LogP contribution in [-0.2, 0) is 4.79 Å². The van der Waals surface area contributed by atoms with Gasteiger partial charge >= 0.3 is 5.97 Å². The summed E-state index contributed by atoms with van der Waals surface area (Å²) in [5, 5.41) is 9.09. The number of rotatable bonds is 4. The molecule has 2 unspecified atom stereocenters. The monoisotopic (exact) mass is 271 g/mol. The fourth-order valence-electron chi connectivity index (χ4n) is 1.95. The zero-order valence-corrected chi connectivity index (χ0v) is 11.0. The topological polar surface area (TPSA) is 89.4 Å². The Morgan fingerprint density at radius 1 is 1.05 bits per heavy atom. The zero-order valence-electron chi connectivity index (χ0n) is 11.0. The molecule has 0 aliphatic heterocycles. The largest absolute Gasteiger partial charge is 0.481 e. The van der Waals surface area contributed by atoms with E-state index in [0.717, 1.165) is 0 Å². The van der Waals surface area contributed by atoms with Gasteiger partial charge in [0.1, 0.15) is 0 Å². The summed E-state index contributed by atoms with van der Waals surface area (Å²) < 4.78 is 0. The number of carbonyl (C=O) groups excluding carboxylic acids is 1. The summed E-state index contributed by atoms with van der Waals surface area (Å²) in [7, 11) is 0. The first kappa shape index (κ1) is 15.6. The molecule has 0 aromatic heterocycles. The molecule has 104 valence electrons. The third-order valence-corrected chi connectivity index (χ3v) is 2.99. The highest BCUT2D eigenvalue weighted by Gasteiger charge is 2.23. The molecule has 2 atom stereocenters. The number of aliphatic carboxylic acids is 1. The van der Waals surface area contributed by atoms with Gasteiger partial charge in [0, 0.05) is 11.5 Å². The average molecular weight is 271 g/mol. The van der Waals surface area contributed by atoms with E-state index in [1.54, 1.807) is 54.6 Å². The minimum atomic E-state index is -0.887. The molecule has 0 saturated carbocycles. The number of ketones is 1. The quantitative estimate of drug-likeness (QED) is 0.650. The molecule has 4 heteroatoms. The molecule has 1 aliphatic rings. The minimum absolute atomic E-state index is 0. The molecular formula is C16H17NO3. The molecule has 1 aliphatic carbocycles. The van der Waals surface area contributed by atoms with Crippen LogP contribution < -0.4 is 6.15 Å². The molecule has 0 radical (unpaired) electrons. The first-order valence-corrected chi connectivity index (χ1v) is 6.04. The Balaban J connectivity index is 0.00000200. The summed E-state index contributed by atoms with van der Waals surface area (Å²) >= 11 is 0. The maximum Gasteiger partial charge on any atom is 0.311 e. The molecule has 4 N–H and O–H groups in total. The van der Waals surface area contributed by atoms with Crippen molar-refractivity contribution in [3.8, 4) is 0 Å². The second-order valence-electron chi connectivity index (χ2n) is 4.30. The highest BCUT2D eigenvalue weighted by Crippen LogP contribution is 2.21. The van der Waals surface area contributed by atoms with E-state index in [1.807, 2.05) is 6.07 Å². The van der Waals surface area contributed by atoms with Crippen LogP contribution >= 0.6 is 0 Å². The fourth-order valence-corrected chi connectivity index (χ4v) is 1.95. The van der Waals surface area contributed by atoms with Crippen molar-refractivity contribution >= 4 is 11.8 Å². The fraction of sp³-hybridized carbons (Fsp3) is 0.125. The molecule has 0 heterocycles. The SMILES string of the molecule is N.O=C(C=CC1C=CC=CC1C(=O)O)c1ccccc1. The van der Waals surface area contributed by atoms with Gasteiger partial charge in [-0.1, -0.05) is 60.7 Å². The zero-order chi connectivity index (χ0) is 13.7. The summed E-state index contributed by atoms with van der Waals surface area (Å²) in [4.78, 5) is 23.0. The number of carbonyl (C=O) groups is 2. The predicted octanol–water partition coefficient (Wildman–Crippen LogP) is 3.03. The van der Waals surface area contributed by atoms with Crippen molar-refractivity contribution in [1.82, 2.24) is 6.15 Å². The van der Waals surface area contributed by atoms with E-state index >= 15 is 0 Å². The first-order valence-electron chi connectivity index (χ1n) is 6.04. The van der Waals surface area contributed by atoms with E-state index in [0.29, 0.717) is 5.56 Å². The first-order chi connectivity index (χ1) is 9.18. The molecule has 0 bridgehead atoms. The van der Waals surface area contributed by atoms with Crippen molar-refractivity contribution in [3.05, 3.63) is 72.4 Å². The Kier molecular flexibility index (Phi) is 5.62. The number of benzene rings is 1. The van der Waals surface area contributed by atoms with Crippen molar-refractivity contribution in [2.45, 2.75) is 0 Å². The highest BCUT2D eigenvalue weighted by atomic mass is 16.4. The van der Waals surface area contributed by atoms with Gasteiger partial charge in [-0.3, -0.25) is 9.59 Å². The summed E-state index contributed by atoms with van der Waals surface area (Å²) in [6.07, 6.45) is 10.0. The molecular weight excluding hydrogens is 254 g/mol. The van der Waals surface area contributed by atoms with Crippen LogP contribution in [0, 0.1) is 11.8 Å². The number of hydrogen-bond acceptors (Lipinski definition) is 3. The maximum atomic E-state index is 11.9. The standard InChI is InChI=1S/C16H14O3.H3N/c17-15(13-7-2-1-3-8-13)11-10-12-6-4-5-9-14(12)16(18)19;/h1-12,14H,(H,18,19);1H3. The van der Waals surface area contributed by atoms with Crippen molar-refractivity contribution in [3.63, 3.8) is 0 Å². The highest BCUT2D eigenvalue weighted by molar-refractivity contribution is 6.04. The molecule has 4 nitrogen and oxygen atoms in total. The van der Waals surface area contributed by atoms with Crippen LogP contribution in [0.5, 0.6) is 0 Å². The van der Waals surface area contributed by atoms with Crippen molar-refractivity contribution < 1.29 is 14.7 Å². The van der Waals surface area contributed by atoms with Gasteiger partial charge in [-0.25, -0.2) is 0 Å². The van der Waals surface area contributed by atoms with Crippen molar-refractivity contribution in [1.29, 1.82) is 0 Å². The van der Waals surface area contributed by atoms with E-state index in [-0.39, 0.29) is 17.9 Å². The van der Waals surface area contributed by atoms with Crippen LogP contribution in [0.25, 0.3) is 0 Å². The average Bonchev–Trinajstić information content (AvgIpc) is 2.46. The summed E-state index contributed by atoms with van der Waals surface area (Å²) in [5.74, 6) is -1.89. The van der Waals surface area contributed by atoms with Gasteiger partial charge in [0.15, 0.2) is 5.78 Å². The van der Waals surface area contributed by atoms with Crippen LogP contribution in [0.4, 0.5) is 0 Å². The van der Waals surface area contributed by atoms with Gasteiger partial charge in [0.05, 0.1) is 5.92 Å². The Hall–Kier alpha value is -2.46. The lowest BCUT2D eigenvalue weighted by molar-refractivity contribution is -0.140. The van der Waals surface area contributed by atoms with E-state index in [2.05, 4.69) is 0 Å². The van der Waals surface area contributed by atoms with E-state index in [4.69, 9.17) is 5.11 Å². The van der Waals surface area contributed by atoms with Crippen LogP contribution in [0.1, 0.15) is 10.4 Å². The number of hydrogen-bond donors (Lipinski definition) is 2. The van der Waals surface area contributed by atoms with Gasteiger partial charge in [-0.2, -0.15) is 0 Å². The molecule has 2 rings (SSSR count). The van der Waals surface area contributed by atoms with Crippen LogP contribution in [-0.4, -0.2) is 16.9 Å². The van der Waals surface area contributed by atoms with Crippen LogP contribution in [0.3, 0.4) is 0 Å². The number of carboxylic acids is 1.